The van der Waals surface area contributed by atoms with Crippen molar-refractivity contribution in [1.29, 1.82) is 0 Å². The molecule has 23 heavy (non-hydrogen) atoms. The standard InChI is InChI=1S/C21H19NO/c1-14-12-16(13-15(2)21(14)23-3)22-19-10-6-4-8-17(19)18-9-5-7-11-20(18)22/h4-13H,1-3H3. The van der Waals surface area contributed by atoms with Gasteiger partial charge in [0.05, 0.1) is 18.1 Å². The zero-order chi connectivity index (χ0) is 16.0. The number of nitrogens with zero attached hydrogens (tertiary/aromatic N) is 1. The van der Waals surface area contributed by atoms with E-state index in [4.69, 9.17) is 4.74 Å². The lowest BCUT2D eigenvalue weighted by molar-refractivity contribution is 0.408. The largest absolute Gasteiger partial charge is 0.496 e. The van der Waals surface area contributed by atoms with E-state index in [9.17, 15) is 0 Å². The fourth-order valence-corrected chi connectivity index (χ4v) is 3.58. The molecule has 0 saturated heterocycles. The summed E-state index contributed by atoms with van der Waals surface area (Å²) in [6.07, 6.45) is 0. The number of aryl methyl sites for hydroxylation is 2. The monoisotopic (exact) mass is 301 g/mol. The predicted octanol–water partition coefficient (Wildman–Crippen LogP) is 5.41. The van der Waals surface area contributed by atoms with Gasteiger partial charge in [-0.05, 0) is 49.2 Å². The van der Waals surface area contributed by atoms with E-state index in [1.54, 1.807) is 7.11 Å². The van der Waals surface area contributed by atoms with Crippen LogP contribution in [0.15, 0.2) is 60.7 Å². The van der Waals surface area contributed by atoms with Crippen LogP contribution in [0.25, 0.3) is 27.5 Å². The van der Waals surface area contributed by atoms with Crippen LogP contribution in [-0.4, -0.2) is 11.7 Å². The molecule has 4 aromatic rings. The predicted molar refractivity (Wildman–Crippen MR) is 96.8 cm³/mol. The van der Waals surface area contributed by atoms with Gasteiger partial charge in [-0.25, -0.2) is 0 Å². The molecule has 0 aliphatic heterocycles. The molecule has 0 aliphatic carbocycles. The molecule has 114 valence electrons. The number of aromatic nitrogens is 1. The van der Waals surface area contributed by atoms with E-state index in [0.29, 0.717) is 0 Å². The zero-order valence-corrected chi connectivity index (χ0v) is 13.6. The molecule has 0 radical (unpaired) electrons. The lowest BCUT2D eigenvalue weighted by Crippen LogP contribution is -1.98. The van der Waals surface area contributed by atoms with E-state index in [2.05, 4.69) is 79.1 Å². The Morgan fingerprint density at radius 3 is 1.70 bits per heavy atom. The maximum atomic E-state index is 5.51. The second-order valence-electron chi connectivity index (χ2n) is 5.98. The third-order valence-corrected chi connectivity index (χ3v) is 4.49. The minimum absolute atomic E-state index is 0.967. The van der Waals surface area contributed by atoms with Crippen molar-refractivity contribution in [2.75, 3.05) is 7.11 Å². The van der Waals surface area contributed by atoms with E-state index in [-0.39, 0.29) is 0 Å². The first-order valence-corrected chi connectivity index (χ1v) is 7.84. The maximum Gasteiger partial charge on any atom is 0.124 e. The summed E-state index contributed by atoms with van der Waals surface area (Å²) in [6.45, 7) is 4.20. The Morgan fingerprint density at radius 1 is 0.739 bits per heavy atom. The second kappa shape index (κ2) is 5.17. The Bertz CT molecular complexity index is 950. The van der Waals surface area contributed by atoms with Gasteiger partial charge in [0.1, 0.15) is 5.75 Å². The molecule has 2 nitrogen and oxygen atoms in total. The van der Waals surface area contributed by atoms with Crippen LogP contribution in [0.3, 0.4) is 0 Å². The molecule has 1 aromatic heterocycles. The van der Waals surface area contributed by atoms with Gasteiger partial charge < -0.3 is 9.30 Å². The lowest BCUT2D eigenvalue weighted by Gasteiger charge is -2.14. The van der Waals surface area contributed by atoms with Crippen LogP contribution in [0.5, 0.6) is 5.75 Å². The van der Waals surface area contributed by atoms with E-state index >= 15 is 0 Å². The average molecular weight is 301 g/mol. The number of para-hydroxylation sites is 2. The molecule has 0 aliphatic rings. The molecular weight excluding hydrogens is 282 g/mol. The molecule has 0 N–H and O–H groups in total. The minimum atomic E-state index is 0.967. The number of benzene rings is 3. The molecule has 0 amide bonds. The molecule has 0 saturated carbocycles. The van der Waals surface area contributed by atoms with Crippen LogP contribution < -0.4 is 4.74 Å². The zero-order valence-electron chi connectivity index (χ0n) is 13.6. The fourth-order valence-electron chi connectivity index (χ4n) is 3.58. The summed E-state index contributed by atoms with van der Waals surface area (Å²) in [5.41, 5.74) is 5.96. The van der Waals surface area contributed by atoms with Crippen LogP contribution in [-0.2, 0) is 0 Å². The van der Waals surface area contributed by atoms with Gasteiger partial charge in [-0.3, -0.25) is 0 Å². The van der Waals surface area contributed by atoms with E-state index in [1.807, 2.05) is 0 Å². The van der Waals surface area contributed by atoms with Crippen LogP contribution in [0, 0.1) is 13.8 Å². The van der Waals surface area contributed by atoms with Crippen molar-refractivity contribution in [1.82, 2.24) is 4.57 Å². The number of hydrogen-bond acceptors (Lipinski definition) is 1. The SMILES string of the molecule is COc1c(C)cc(-n2c3ccccc3c3ccccc32)cc1C. The maximum absolute atomic E-state index is 5.51. The van der Waals surface area contributed by atoms with Crippen molar-refractivity contribution in [3.05, 3.63) is 71.8 Å². The molecule has 0 atom stereocenters. The fraction of sp³-hybridized carbons (Fsp3) is 0.143. The Balaban J connectivity index is 2.12. The quantitative estimate of drug-likeness (QED) is 0.483. The van der Waals surface area contributed by atoms with Gasteiger partial charge in [0.2, 0.25) is 0 Å². The van der Waals surface area contributed by atoms with Gasteiger partial charge in [0.15, 0.2) is 0 Å². The average Bonchev–Trinajstić information content (AvgIpc) is 2.89. The highest BCUT2D eigenvalue weighted by Crippen LogP contribution is 2.34. The lowest BCUT2D eigenvalue weighted by atomic mass is 10.1. The van der Waals surface area contributed by atoms with Crippen molar-refractivity contribution < 1.29 is 4.74 Å². The van der Waals surface area contributed by atoms with Crippen molar-refractivity contribution in [3.63, 3.8) is 0 Å². The van der Waals surface area contributed by atoms with Gasteiger partial charge in [0, 0.05) is 16.5 Å². The highest BCUT2D eigenvalue weighted by Gasteiger charge is 2.13. The minimum Gasteiger partial charge on any atom is -0.496 e. The Morgan fingerprint density at radius 2 is 1.22 bits per heavy atom. The summed E-state index contributed by atoms with van der Waals surface area (Å²) >= 11 is 0. The van der Waals surface area contributed by atoms with Crippen molar-refractivity contribution in [3.8, 4) is 11.4 Å². The topological polar surface area (TPSA) is 14.2 Å². The number of ether oxygens (including phenoxy) is 1. The van der Waals surface area contributed by atoms with E-state index in [1.165, 1.54) is 27.5 Å². The summed E-state index contributed by atoms with van der Waals surface area (Å²) in [4.78, 5) is 0. The van der Waals surface area contributed by atoms with Gasteiger partial charge >= 0.3 is 0 Å². The van der Waals surface area contributed by atoms with Gasteiger partial charge in [-0.1, -0.05) is 36.4 Å². The molecule has 1 heterocycles. The molecule has 3 aromatic carbocycles. The highest BCUT2D eigenvalue weighted by molar-refractivity contribution is 6.09. The van der Waals surface area contributed by atoms with E-state index < -0.39 is 0 Å². The van der Waals surface area contributed by atoms with Crippen molar-refractivity contribution in [2.45, 2.75) is 13.8 Å². The second-order valence-corrected chi connectivity index (χ2v) is 5.98. The van der Waals surface area contributed by atoms with Crippen LogP contribution in [0.2, 0.25) is 0 Å². The molecule has 0 unspecified atom stereocenters. The van der Waals surface area contributed by atoms with Crippen LogP contribution >= 0.6 is 0 Å². The molecule has 2 heteroatoms. The number of methoxy groups -OCH3 is 1. The van der Waals surface area contributed by atoms with Gasteiger partial charge in [-0.15, -0.1) is 0 Å². The van der Waals surface area contributed by atoms with Crippen molar-refractivity contribution >= 4 is 21.8 Å². The van der Waals surface area contributed by atoms with E-state index in [0.717, 1.165) is 16.9 Å². The first-order chi connectivity index (χ1) is 11.2. The first kappa shape index (κ1) is 13.9. The Labute approximate surface area is 135 Å². The number of rotatable bonds is 2. The highest BCUT2D eigenvalue weighted by atomic mass is 16.5. The Hall–Kier alpha value is -2.74. The third kappa shape index (κ3) is 2.02. The van der Waals surface area contributed by atoms with Crippen LogP contribution in [0.1, 0.15) is 11.1 Å². The van der Waals surface area contributed by atoms with Gasteiger partial charge in [-0.2, -0.15) is 0 Å². The molecule has 0 fully saturated rings. The number of fused-ring (bicyclic) bond motifs is 3. The van der Waals surface area contributed by atoms with Crippen molar-refractivity contribution in [2.24, 2.45) is 0 Å². The summed E-state index contributed by atoms with van der Waals surface area (Å²) in [6, 6.07) is 21.5. The normalized spacial score (nSPS) is 11.3. The Kier molecular flexibility index (Phi) is 3.12. The summed E-state index contributed by atoms with van der Waals surface area (Å²) in [7, 11) is 1.73. The third-order valence-electron chi connectivity index (χ3n) is 4.49. The molecule has 0 spiro atoms. The summed E-state index contributed by atoms with van der Waals surface area (Å²) in [5, 5.41) is 2.57. The number of hydrogen-bond donors (Lipinski definition) is 0. The van der Waals surface area contributed by atoms with Crippen LogP contribution in [0.4, 0.5) is 0 Å². The smallest absolute Gasteiger partial charge is 0.124 e. The summed E-state index contributed by atoms with van der Waals surface area (Å²) < 4.78 is 7.85. The summed E-state index contributed by atoms with van der Waals surface area (Å²) in [5.74, 6) is 0.967. The molecule has 4 rings (SSSR count). The molecular formula is C21H19NO. The molecule has 0 bridgehead atoms. The van der Waals surface area contributed by atoms with Gasteiger partial charge in [0.25, 0.3) is 0 Å². The first-order valence-electron chi connectivity index (χ1n) is 7.84.